The number of amidine groups is 1. The number of nitrogens with zero attached hydrogens (tertiary/aromatic N) is 3. The van der Waals surface area contributed by atoms with Gasteiger partial charge in [0.05, 0.1) is 11.4 Å². The lowest BCUT2D eigenvalue weighted by molar-refractivity contribution is 0.424. The lowest BCUT2D eigenvalue weighted by Crippen LogP contribution is -2.28. The molecular formula is C37H41N3O. The summed E-state index contributed by atoms with van der Waals surface area (Å²) in [4.78, 5) is 11.2. The summed E-state index contributed by atoms with van der Waals surface area (Å²) in [6, 6.07) is 0. The number of aliphatic hydroxyl groups is 1. The number of aliphatic hydroxyl groups excluding tert-OH is 1. The molecule has 0 heterocycles. The molecule has 0 aromatic carbocycles. The van der Waals surface area contributed by atoms with Crippen molar-refractivity contribution in [3.63, 3.8) is 0 Å². The van der Waals surface area contributed by atoms with E-state index in [1.165, 1.54) is 0 Å². The zero-order chi connectivity index (χ0) is 31.0. The van der Waals surface area contributed by atoms with E-state index in [2.05, 4.69) is 64.2 Å². The van der Waals surface area contributed by atoms with Crippen LogP contribution in [0.5, 0.6) is 0 Å². The van der Waals surface area contributed by atoms with E-state index >= 15 is 0 Å². The number of allylic oxidation sites excluding steroid dienone is 18. The minimum atomic E-state index is 0.0715. The Kier molecular flexibility index (Phi) is 18.6. The zero-order valence-electron chi connectivity index (χ0n) is 24.1. The van der Waals surface area contributed by atoms with Gasteiger partial charge in [-0.3, -0.25) is 9.89 Å². The average Bonchev–Trinajstić information content (AvgIpc) is 2.98. The van der Waals surface area contributed by atoms with Gasteiger partial charge in [-0.05, 0) is 67.2 Å². The van der Waals surface area contributed by atoms with Crippen molar-refractivity contribution in [2.24, 2.45) is 9.98 Å². The number of hydrogen-bond acceptors (Lipinski definition) is 3. The molecule has 4 nitrogen and oxygen atoms in total. The normalized spacial score (nSPS) is 14.5. The third-order valence-corrected chi connectivity index (χ3v) is 4.98. The molecular weight excluding hydrogens is 502 g/mol. The van der Waals surface area contributed by atoms with Crippen LogP contribution in [0.2, 0.25) is 0 Å². The van der Waals surface area contributed by atoms with E-state index < -0.39 is 0 Å². The topological polar surface area (TPSA) is 48.2 Å². The van der Waals surface area contributed by atoms with Crippen molar-refractivity contribution < 1.29 is 5.11 Å². The van der Waals surface area contributed by atoms with Gasteiger partial charge in [-0.15, -0.1) is 0 Å². The van der Waals surface area contributed by atoms with Crippen LogP contribution in [0.1, 0.15) is 6.92 Å². The van der Waals surface area contributed by atoms with Gasteiger partial charge in [0.1, 0.15) is 11.6 Å². The molecule has 0 saturated carbocycles. The van der Waals surface area contributed by atoms with Crippen LogP contribution in [-0.4, -0.2) is 21.6 Å². The first kappa shape index (κ1) is 35.5. The van der Waals surface area contributed by atoms with Crippen molar-refractivity contribution in [3.05, 3.63) is 209 Å². The Hall–Kier alpha value is -5.48. The van der Waals surface area contributed by atoms with Gasteiger partial charge in [0.25, 0.3) is 0 Å². The summed E-state index contributed by atoms with van der Waals surface area (Å²) in [7, 11) is 0. The average molecular weight is 544 g/mol. The third kappa shape index (κ3) is 11.8. The van der Waals surface area contributed by atoms with Crippen molar-refractivity contribution >= 4 is 11.5 Å². The molecule has 0 aromatic heterocycles. The molecule has 210 valence electrons. The molecule has 0 saturated heterocycles. The van der Waals surface area contributed by atoms with Gasteiger partial charge in [0.2, 0.25) is 0 Å². The van der Waals surface area contributed by atoms with Crippen LogP contribution in [0.15, 0.2) is 219 Å². The van der Waals surface area contributed by atoms with Gasteiger partial charge in [0, 0.05) is 23.2 Å². The molecule has 1 N–H and O–H groups in total. The zero-order valence-corrected chi connectivity index (χ0v) is 24.1. The number of aliphatic imine (C=N–C) groups is 2. The van der Waals surface area contributed by atoms with E-state index in [1.807, 2.05) is 23.1 Å². The second-order valence-corrected chi connectivity index (χ2v) is 7.64. The predicted octanol–water partition coefficient (Wildman–Crippen LogP) is 9.84. The van der Waals surface area contributed by atoms with Crippen molar-refractivity contribution in [1.29, 1.82) is 0 Å². The smallest absolute Gasteiger partial charge is 0.137 e. The standard InChI is InChI=1S/C37H41N3O/c1-11-21-27-31(23-13-3)40(32(24-14-4)29-30(17-7)33(25-15-5)36(41)19-9)37(20-10)39-35(26-16-6)34(18-8)38-28-22-12-2/h11-29,41H,1-8,10H2,9H3/b27-21-,28-22-,30-29-,31-23+,32-24+,33-25-,35-26-,36-19+,38-34+,39-37?. The third-order valence-electron chi connectivity index (χ3n) is 4.98. The Balaban J connectivity index is 7.92. The monoisotopic (exact) mass is 543 g/mol. The molecule has 0 bridgehead atoms. The van der Waals surface area contributed by atoms with E-state index in [0.29, 0.717) is 39.8 Å². The van der Waals surface area contributed by atoms with Crippen molar-refractivity contribution in [3.8, 4) is 0 Å². The fraction of sp³-hybridized carbons (Fsp3) is 0.0270. The van der Waals surface area contributed by atoms with Gasteiger partial charge in [0.15, 0.2) is 0 Å². The second kappa shape index (κ2) is 21.5. The first-order valence-corrected chi connectivity index (χ1v) is 12.7. The van der Waals surface area contributed by atoms with Crippen LogP contribution in [0.25, 0.3) is 0 Å². The summed E-state index contributed by atoms with van der Waals surface area (Å²) in [6.45, 7) is 36.5. The summed E-state index contributed by atoms with van der Waals surface area (Å²) < 4.78 is 0. The summed E-state index contributed by atoms with van der Waals surface area (Å²) in [5.74, 6) is 0.502. The molecule has 0 fully saturated rings. The van der Waals surface area contributed by atoms with Crippen LogP contribution in [0.3, 0.4) is 0 Å². The largest absolute Gasteiger partial charge is 0.508 e. The summed E-state index contributed by atoms with van der Waals surface area (Å²) in [6.07, 6.45) is 32.0. The molecule has 0 atom stereocenters. The van der Waals surface area contributed by atoms with E-state index in [1.54, 1.807) is 104 Å². The number of hydrogen-bond donors (Lipinski definition) is 1. The van der Waals surface area contributed by atoms with Gasteiger partial charge in [-0.1, -0.05) is 114 Å². The summed E-state index contributed by atoms with van der Waals surface area (Å²) >= 11 is 0. The van der Waals surface area contributed by atoms with Gasteiger partial charge in [-0.25, -0.2) is 4.99 Å². The van der Waals surface area contributed by atoms with Crippen LogP contribution in [-0.2, 0) is 0 Å². The van der Waals surface area contributed by atoms with E-state index in [-0.39, 0.29) is 5.76 Å². The molecule has 0 aliphatic rings. The first-order chi connectivity index (χ1) is 19.9. The highest BCUT2D eigenvalue weighted by molar-refractivity contribution is 6.11. The van der Waals surface area contributed by atoms with E-state index in [9.17, 15) is 5.11 Å². The SMILES string of the molecule is C=C\C=C/N=C(C=C)/C(=C/C=C)N=C(C=C)N(C(/C=C\C=C)=C/C=C)C(/C=C(C=C)\C(=C\C=C)C(\O)=C/C)=C/C=C. The predicted molar refractivity (Wildman–Crippen MR) is 184 cm³/mol. The molecule has 0 amide bonds. The van der Waals surface area contributed by atoms with Gasteiger partial charge >= 0.3 is 0 Å². The van der Waals surface area contributed by atoms with Crippen LogP contribution in [0.4, 0.5) is 0 Å². The Labute approximate surface area is 246 Å². The van der Waals surface area contributed by atoms with Crippen molar-refractivity contribution in [2.75, 3.05) is 0 Å². The minimum Gasteiger partial charge on any atom is -0.508 e. The molecule has 0 aromatic rings. The molecule has 41 heavy (non-hydrogen) atoms. The highest BCUT2D eigenvalue weighted by Gasteiger charge is 2.18. The maximum Gasteiger partial charge on any atom is 0.137 e. The first-order valence-electron chi connectivity index (χ1n) is 12.7. The highest BCUT2D eigenvalue weighted by Crippen LogP contribution is 2.26. The van der Waals surface area contributed by atoms with E-state index in [4.69, 9.17) is 4.99 Å². The van der Waals surface area contributed by atoms with Crippen LogP contribution < -0.4 is 0 Å². The lowest BCUT2D eigenvalue weighted by atomic mass is 10.0. The Morgan fingerprint density at radius 3 is 1.78 bits per heavy atom. The fourth-order valence-electron chi connectivity index (χ4n) is 3.23. The van der Waals surface area contributed by atoms with Crippen molar-refractivity contribution in [2.45, 2.75) is 6.92 Å². The lowest BCUT2D eigenvalue weighted by Gasteiger charge is -2.28. The fourth-order valence-corrected chi connectivity index (χ4v) is 3.23. The maximum absolute atomic E-state index is 10.6. The molecule has 4 heteroatoms. The quantitative estimate of drug-likeness (QED) is 0.0809. The molecule has 0 unspecified atom stereocenters. The highest BCUT2D eigenvalue weighted by atomic mass is 16.3. The van der Waals surface area contributed by atoms with Crippen LogP contribution in [0, 0.1) is 0 Å². The molecule has 0 aliphatic carbocycles. The second-order valence-electron chi connectivity index (χ2n) is 7.64. The Morgan fingerprint density at radius 2 is 1.29 bits per heavy atom. The Morgan fingerprint density at radius 1 is 0.683 bits per heavy atom. The Bertz CT molecular complexity index is 1340. The molecule has 0 radical (unpaired) electrons. The van der Waals surface area contributed by atoms with Gasteiger partial charge in [-0.2, -0.15) is 0 Å². The number of rotatable bonds is 18. The van der Waals surface area contributed by atoms with E-state index in [0.717, 1.165) is 0 Å². The summed E-state index contributed by atoms with van der Waals surface area (Å²) in [5.41, 5.74) is 3.44. The molecule has 0 rings (SSSR count). The van der Waals surface area contributed by atoms with Crippen molar-refractivity contribution in [1.82, 2.24) is 4.90 Å². The molecule has 0 aliphatic heterocycles. The van der Waals surface area contributed by atoms with Crippen LogP contribution >= 0.6 is 0 Å². The molecule has 0 spiro atoms. The maximum atomic E-state index is 10.6. The summed E-state index contributed by atoms with van der Waals surface area (Å²) in [5, 5.41) is 10.6. The minimum absolute atomic E-state index is 0.0715. The van der Waals surface area contributed by atoms with Gasteiger partial charge < -0.3 is 5.11 Å².